The van der Waals surface area contributed by atoms with E-state index in [9.17, 15) is 4.79 Å². The Balaban J connectivity index is 1.43. The Morgan fingerprint density at radius 2 is 1.76 bits per heavy atom. The second kappa shape index (κ2) is 8.01. The zero-order chi connectivity index (χ0) is 22.5. The van der Waals surface area contributed by atoms with Crippen LogP contribution in [0.5, 0.6) is 5.75 Å². The van der Waals surface area contributed by atoms with Gasteiger partial charge in [0.25, 0.3) is 6.23 Å². The third-order valence-corrected chi connectivity index (χ3v) is 6.95. The summed E-state index contributed by atoms with van der Waals surface area (Å²) in [5.41, 5.74) is 3.49. The number of carbonyl (C=O) groups excluding carboxylic acids is 1. The summed E-state index contributed by atoms with van der Waals surface area (Å²) >= 11 is 9.74. The molecule has 0 spiro atoms. The molecule has 0 saturated carbocycles. The molecular weight excluding hydrogens is 500 g/mol. The van der Waals surface area contributed by atoms with Crippen molar-refractivity contribution in [2.24, 2.45) is 5.10 Å². The Morgan fingerprint density at radius 1 is 0.970 bits per heavy atom. The quantitative estimate of drug-likeness (QED) is 0.275. The van der Waals surface area contributed by atoms with Gasteiger partial charge in [0, 0.05) is 27.0 Å². The highest BCUT2D eigenvalue weighted by atomic mass is 79.9. The standard InChI is InChI=1S/C27H18BrClN2O2/c28-20-9-7-17(8-10-20)26(32)27-31-24(22-14-21(29)11-12-25(22)33-27)15-23(30-31)19-6-5-16-3-1-2-4-18(16)13-19/h1-14,24,27H,15H2/t24-,27-/m0/s1. The molecule has 0 saturated heterocycles. The SMILES string of the molecule is O=C(c1ccc(Br)cc1)[C@@H]1Oc2ccc(Cl)cc2[C@@H]2CC(c3ccc4ccccc4c3)=NN12. The van der Waals surface area contributed by atoms with Crippen LogP contribution in [0.1, 0.15) is 33.9 Å². The first kappa shape index (κ1) is 20.5. The maximum absolute atomic E-state index is 13.5. The molecule has 0 fully saturated rings. The summed E-state index contributed by atoms with van der Waals surface area (Å²) in [7, 11) is 0. The van der Waals surface area contributed by atoms with Crippen LogP contribution in [0.4, 0.5) is 0 Å². The first-order chi connectivity index (χ1) is 16.1. The van der Waals surface area contributed by atoms with E-state index in [1.807, 2.05) is 36.4 Å². The molecule has 6 heteroatoms. The van der Waals surface area contributed by atoms with Crippen molar-refractivity contribution in [3.63, 3.8) is 0 Å². The van der Waals surface area contributed by atoms with E-state index in [-0.39, 0.29) is 11.8 Å². The number of carbonyl (C=O) groups is 1. The lowest BCUT2D eigenvalue weighted by Gasteiger charge is -2.37. The molecule has 4 aromatic carbocycles. The molecule has 0 bridgehead atoms. The lowest BCUT2D eigenvalue weighted by atomic mass is 9.95. The summed E-state index contributed by atoms with van der Waals surface area (Å²) in [6.07, 6.45) is -0.179. The van der Waals surface area contributed by atoms with Crippen LogP contribution in [0.3, 0.4) is 0 Å². The van der Waals surface area contributed by atoms with E-state index >= 15 is 0 Å². The second-order valence-corrected chi connectivity index (χ2v) is 9.58. The van der Waals surface area contributed by atoms with E-state index in [1.54, 1.807) is 23.2 Å². The van der Waals surface area contributed by atoms with Crippen LogP contribution >= 0.6 is 27.5 Å². The van der Waals surface area contributed by atoms with Crippen molar-refractivity contribution in [2.45, 2.75) is 18.7 Å². The topological polar surface area (TPSA) is 41.9 Å². The van der Waals surface area contributed by atoms with Gasteiger partial charge in [0.2, 0.25) is 5.78 Å². The average molecular weight is 518 g/mol. The largest absolute Gasteiger partial charge is 0.461 e. The summed E-state index contributed by atoms with van der Waals surface area (Å²) in [5.74, 6) is 0.544. The monoisotopic (exact) mass is 516 g/mol. The number of ether oxygens (including phenoxy) is 1. The van der Waals surface area contributed by atoms with Gasteiger partial charge in [-0.2, -0.15) is 5.10 Å². The predicted molar refractivity (Wildman–Crippen MR) is 134 cm³/mol. The fourth-order valence-corrected chi connectivity index (χ4v) is 4.98. The third kappa shape index (κ3) is 3.62. The Morgan fingerprint density at radius 3 is 2.58 bits per heavy atom. The van der Waals surface area contributed by atoms with Crippen LogP contribution in [-0.2, 0) is 0 Å². The van der Waals surface area contributed by atoms with Crippen molar-refractivity contribution in [3.05, 3.63) is 111 Å². The summed E-state index contributed by atoms with van der Waals surface area (Å²) in [6.45, 7) is 0. The molecule has 0 unspecified atom stereocenters. The van der Waals surface area contributed by atoms with Gasteiger partial charge in [-0.05, 0) is 52.7 Å². The average Bonchev–Trinajstić information content (AvgIpc) is 3.29. The Hall–Kier alpha value is -3.15. The van der Waals surface area contributed by atoms with E-state index in [2.05, 4.69) is 46.3 Å². The smallest absolute Gasteiger partial charge is 0.251 e. The highest BCUT2D eigenvalue weighted by Gasteiger charge is 2.43. The number of hydrogen-bond acceptors (Lipinski definition) is 4. The molecule has 2 aliphatic rings. The minimum absolute atomic E-state index is 0.127. The molecule has 4 aromatic rings. The number of ketones is 1. The molecule has 0 amide bonds. The highest BCUT2D eigenvalue weighted by molar-refractivity contribution is 9.10. The number of Topliss-reactive ketones (excluding diaryl/α,β-unsaturated/α-hetero) is 1. The molecule has 0 radical (unpaired) electrons. The molecule has 4 nitrogen and oxygen atoms in total. The summed E-state index contributed by atoms with van der Waals surface area (Å²) < 4.78 is 7.12. The number of hydrazone groups is 1. The van der Waals surface area contributed by atoms with Gasteiger partial charge in [-0.15, -0.1) is 0 Å². The van der Waals surface area contributed by atoms with E-state index in [0.29, 0.717) is 22.8 Å². The number of fused-ring (bicyclic) bond motifs is 4. The molecule has 0 aromatic heterocycles. The number of nitrogens with zero attached hydrogens (tertiary/aromatic N) is 2. The first-order valence-electron chi connectivity index (χ1n) is 10.7. The molecular formula is C27H18BrClN2O2. The number of rotatable bonds is 3. The minimum Gasteiger partial charge on any atom is -0.461 e. The molecule has 162 valence electrons. The van der Waals surface area contributed by atoms with E-state index in [1.165, 1.54) is 5.39 Å². The van der Waals surface area contributed by atoms with Crippen molar-refractivity contribution in [1.29, 1.82) is 0 Å². The Bertz CT molecular complexity index is 1430. The minimum atomic E-state index is -0.845. The summed E-state index contributed by atoms with van der Waals surface area (Å²) in [5, 5.41) is 9.68. The predicted octanol–water partition coefficient (Wildman–Crippen LogP) is 7.01. The zero-order valence-corrected chi connectivity index (χ0v) is 19.8. The fraction of sp³-hybridized carbons (Fsp3) is 0.111. The Kier molecular flexibility index (Phi) is 4.97. The number of hydrogen-bond donors (Lipinski definition) is 0. The van der Waals surface area contributed by atoms with Crippen LogP contribution in [0.15, 0.2) is 94.5 Å². The lowest BCUT2D eigenvalue weighted by Crippen LogP contribution is -2.45. The zero-order valence-electron chi connectivity index (χ0n) is 17.4. The van der Waals surface area contributed by atoms with Crippen LogP contribution in [0.25, 0.3) is 10.8 Å². The van der Waals surface area contributed by atoms with E-state index in [0.717, 1.165) is 26.7 Å². The van der Waals surface area contributed by atoms with E-state index < -0.39 is 6.23 Å². The third-order valence-electron chi connectivity index (χ3n) is 6.19. The second-order valence-electron chi connectivity index (χ2n) is 8.23. The van der Waals surface area contributed by atoms with Crippen molar-refractivity contribution in [3.8, 4) is 5.75 Å². The molecule has 2 heterocycles. The molecule has 0 aliphatic carbocycles. The summed E-state index contributed by atoms with van der Waals surface area (Å²) in [4.78, 5) is 13.5. The highest BCUT2D eigenvalue weighted by Crippen LogP contribution is 2.44. The van der Waals surface area contributed by atoms with E-state index in [4.69, 9.17) is 21.4 Å². The van der Waals surface area contributed by atoms with Gasteiger partial charge in [-0.3, -0.25) is 4.79 Å². The molecule has 0 N–H and O–H groups in total. The van der Waals surface area contributed by atoms with Crippen molar-refractivity contribution in [1.82, 2.24) is 5.01 Å². The van der Waals surface area contributed by atoms with Gasteiger partial charge in [-0.25, -0.2) is 5.01 Å². The van der Waals surface area contributed by atoms with Gasteiger partial charge in [-0.1, -0.05) is 76.1 Å². The van der Waals surface area contributed by atoms with Crippen LogP contribution < -0.4 is 4.74 Å². The molecule has 2 aliphatic heterocycles. The lowest BCUT2D eigenvalue weighted by molar-refractivity contribution is -0.00455. The summed E-state index contributed by atoms with van der Waals surface area (Å²) in [6, 6.07) is 27.3. The van der Waals surface area contributed by atoms with Crippen LogP contribution in [-0.4, -0.2) is 22.7 Å². The molecule has 2 atom stereocenters. The van der Waals surface area contributed by atoms with Crippen LogP contribution in [0, 0.1) is 0 Å². The fourth-order valence-electron chi connectivity index (χ4n) is 4.53. The molecule has 6 rings (SSSR count). The van der Waals surface area contributed by atoms with Gasteiger partial charge >= 0.3 is 0 Å². The first-order valence-corrected chi connectivity index (χ1v) is 11.8. The van der Waals surface area contributed by atoms with Crippen LogP contribution in [0.2, 0.25) is 5.02 Å². The number of benzene rings is 4. The van der Waals surface area contributed by atoms with Crippen molar-refractivity contribution < 1.29 is 9.53 Å². The van der Waals surface area contributed by atoms with Gasteiger partial charge in [0.1, 0.15) is 5.75 Å². The number of halogens is 2. The van der Waals surface area contributed by atoms with Gasteiger partial charge in [0.05, 0.1) is 11.8 Å². The van der Waals surface area contributed by atoms with Gasteiger partial charge in [0.15, 0.2) is 0 Å². The Labute approximate surface area is 204 Å². The van der Waals surface area contributed by atoms with Crippen molar-refractivity contribution in [2.75, 3.05) is 0 Å². The molecule has 33 heavy (non-hydrogen) atoms. The van der Waals surface area contributed by atoms with Gasteiger partial charge < -0.3 is 4.74 Å². The normalized spacial score (nSPS) is 19.0. The maximum atomic E-state index is 13.5. The maximum Gasteiger partial charge on any atom is 0.251 e. The van der Waals surface area contributed by atoms with Crippen molar-refractivity contribution >= 4 is 49.8 Å².